The highest BCUT2D eigenvalue weighted by molar-refractivity contribution is 7.87. The Hall–Kier alpha value is -1.88. The molecule has 0 heterocycles. The van der Waals surface area contributed by atoms with Crippen LogP contribution >= 0.6 is 0 Å². The van der Waals surface area contributed by atoms with Crippen molar-refractivity contribution in [1.82, 2.24) is 0 Å². The zero-order valence-electron chi connectivity index (χ0n) is 10.6. The minimum atomic E-state index is -3.95. The molecule has 0 atom stereocenters. The molecule has 5 heteroatoms. The van der Waals surface area contributed by atoms with Crippen LogP contribution in [-0.4, -0.2) is 8.42 Å². The summed E-state index contributed by atoms with van der Waals surface area (Å²) in [5.74, 6) is -0.210. The van der Waals surface area contributed by atoms with E-state index >= 15 is 0 Å². The molecule has 2 aromatic rings. The maximum absolute atomic E-state index is 13.0. The molecule has 0 unspecified atom stereocenters. The SMILES string of the molecule is Cc1ccccc1OS(=O)(=O)c1ccc(F)cc1C. The van der Waals surface area contributed by atoms with Crippen LogP contribution in [0.2, 0.25) is 0 Å². The standard InChI is InChI=1S/C14H13FO3S/c1-10-5-3-4-6-13(10)18-19(16,17)14-8-7-12(15)9-11(14)2/h3-9H,1-2H3. The smallest absolute Gasteiger partial charge is 0.339 e. The number of hydrogen-bond donors (Lipinski definition) is 0. The molecule has 19 heavy (non-hydrogen) atoms. The summed E-state index contributed by atoms with van der Waals surface area (Å²) in [5.41, 5.74) is 1.03. The summed E-state index contributed by atoms with van der Waals surface area (Å²) in [7, 11) is -3.95. The van der Waals surface area contributed by atoms with E-state index in [0.717, 1.165) is 12.1 Å². The fraction of sp³-hybridized carbons (Fsp3) is 0.143. The molecule has 0 amide bonds. The molecule has 0 fully saturated rings. The van der Waals surface area contributed by atoms with Crippen molar-refractivity contribution < 1.29 is 17.0 Å². The molecule has 0 aliphatic rings. The number of aryl methyl sites for hydroxylation is 2. The van der Waals surface area contributed by atoms with Gasteiger partial charge in [-0.2, -0.15) is 8.42 Å². The quantitative estimate of drug-likeness (QED) is 0.811. The lowest BCUT2D eigenvalue weighted by Gasteiger charge is -2.10. The molecular weight excluding hydrogens is 267 g/mol. The van der Waals surface area contributed by atoms with Gasteiger partial charge in [0.15, 0.2) is 0 Å². The molecule has 0 saturated heterocycles. The Balaban J connectivity index is 2.41. The number of rotatable bonds is 3. The van der Waals surface area contributed by atoms with Crippen LogP contribution in [0.25, 0.3) is 0 Å². The van der Waals surface area contributed by atoms with E-state index in [-0.39, 0.29) is 10.6 Å². The van der Waals surface area contributed by atoms with Crippen molar-refractivity contribution in [2.75, 3.05) is 0 Å². The molecule has 0 saturated carbocycles. The monoisotopic (exact) mass is 280 g/mol. The van der Waals surface area contributed by atoms with Crippen LogP contribution in [0.1, 0.15) is 11.1 Å². The first-order valence-corrected chi connectivity index (χ1v) is 7.07. The summed E-state index contributed by atoms with van der Waals surface area (Å²) in [6, 6.07) is 10.3. The summed E-state index contributed by atoms with van der Waals surface area (Å²) < 4.78 is 42.4. The summed E-state index contributed by atoms with van der Waals surface area (Å²) >= 11 is 0. The molecule has 0 aliphatic carbocycles. The number of halogens is 1. The molecule has 0 aromatic heterocycles. The van der Waals surface area contributed by atoms with Crippen molar-refractivity contribution in [3.05, 3.63) is 59.4 Å². The highest BCUT2D eigenvalue weighted by atomic mass is 32.2. The fourth-order valence-electron chi connectivity index (χ4n) is 1.71. The highest BCUT2D eigenvalue weighted by Gasteiger charge is 2.20. The molecule has 0 radical (unpaired) electrons. The van der Waals surface area contributed by atoms with Crippen LogP contribution in [0.5, 0.6) is 5.75 Å². The van der Waals surface area contributed by atoms with Crippen molar-refractivity contribution in [2.24, 2.45) is 0 Å². The van der Waals surface area contributed by atoms with Gasteiger partial charge in [-0.25, -0.2) is 4.39 Å². The normalized spacial score (nSPS) is 11.3. The van der Waals surface area contributed by atoms with Gasteiger partial charge in [-0.05, 0) is 49.2 Å². The third-order valence-corrected chi connectivity index (χ3v) is 4.10. The van der Waals surface area contributed by atoms with Gasteiger partial charge in [-0.15, -0.1) is 0 Å². The molecule has 100 valence electrons. The summed E-state index contributed by atoms with van der Waals surface area (Å²) in [6.45, 7) is 3.28. The van der Waals surface area contributed by atoms with E-state index in [1.807, 2.05) is 0 Å². The Labute approximate surface area is 111 Å². The molecular formula is C14H13FO3S. The number of benzene rings is 2. The van der Waals surface area contributed by atoms with Gasteiger partial charge in [0.2, 0.25) is 0 Å². The minimum Gasteiger partial charge on any atom is -0.379 e. The lowest BCUT2D eigenvalue weighted by Crippen LogP contribution is -2.12. The van der Waals surface area contributed by atoms with E-state index in [4.69, 9.17) is 4.18 Å². The molecule has 2 rings (SSSR count). The van der Waals surface area contributed by atoms with Gasteiger partial charge in [-0.3, -0.25) is 0 Å². The Bertz CT molecular complexity index is 708. The van der Waals surface area contributed by atoms with Crippen molar-refractivity contribution in [3.63, 3.8) is 0 Å². The first-order chi connectivity index (χ1) is 8.90. The van der Waals surface area contributed by atoms with Gasteiger partial charge in [0, 0.05) is 0 Å². The van der Waals surface area contributed by atoms with Crippen molar-refractivity contribution in [3.8, 4) is 5.75 Å². The average molecular weight is 280 g/mol. The van der Waals surface area contributed by atoms with E-state index in [2.05, 4.69) is 0 Å². The van der Waals surface area contributed by atoms with E-state index in [1.165, 1.54) is 13.0 Å². The van der Waals surface area contributed by atoms with Gasteiger partial charge in [-0.1, -0.05) is 18.2 Å². The van der Waals surface area contributed by atoms with Crippen LogP contribution in [0.15, 0.2) is 47.4 Å². The third kappa shape index (κ3) is 2.93. The van der Waals surface area contributed by atoms with Gasteiger partial charge >= 0.3 is 10.1 Å². The zero-order valence-corrected chi connectivity index (χ0v) is 11.4. The topological polar surface area (TPSA) is 43.4 Å². The fourth-order valence-corrected chi connectivity index (χ4v) is 2.91. The first-order valence-electron chi connectivity index (χ1n) is 5.66. The van der Waals surface area contributed by atoms with Gasteiger partial charge in [0.05, 0.1) is 0 Å². The lowest BCUT2D eigenvalue weighted by molar-refractivity contribution is 0.483. The summed E-state index contributed by atoms with van der Waals surface area (Å²) in [4.78, 5) is -0.0304. The van der Waals surface area contributed by atoms with E-state index < -0.39 is 15.9 Å². The summed E-state index contributed by atoms with van der Waals surface area (Å²) in [6.07, 6.45) is 0. The second-order valence-corrected chi connectivity index (χ2v) is 5.73. The van der Waals surface area contributed by atoms with Gasteiger partial charge in [0.25, 0.3) is 0 Å². The van der Waals surface area contributed by atoms with Crippen molar-refractivity contribution in [1.29, 1.82) is 0 Å². The number of hydrogen-bond acceptors (Lipinski definition) is 3. The predicted molar refractivity (Wildman–Crippen MR) is 70.1 cm³/mol. The van der Waals surface area contributed by atoms with Gasteiger partial charge in [0.1, 0.15) is 16.5 Å². The van der Waals surface area contributed by atoms with Crippen molar-refractivity contribution in [2.45, 2.75) is 18.7 Å². The molecule has 0 aliphatic heterocycles. The minimum absolute atomic E-state index is 0.0304. The van der Waals surface area contributed by atoms with E-state index in [1.54, 1.807) is 31.2 Å². The Morgan fingerprint density at radius 3 is 2.32 bits per heavy atom. The van der Waals surface area contributed by atoms with Crippen molar-refractivity contribution >= 4 is 10.1 Å². The van der Waals surface area contributed by atoms with Gasteiger partial charge < -0.3 is 4.18 Å². The Morgan fingerprint density at radius 2 is 1.68 bits per heavy atom. The molecule has 3 nitrogen and oxygen atoms in total. The Kier molecular flexibility index (Phi) is 3.57. The molecule has 0 bridgehead atoms. The average Bonchev–Trinajstić information content (AvgIpc) is 2.31. The number of para-hydroxylation sites is 1. The first kappa shape index (κ1) is 13.5. The predicted octanol–water partition coefficient (Wildman–Crippen LogP) is 3.21. The van der Waals surface area contributed by atoms with Crippen LogP contribution in [0.4, 0.5) is 4.39 Å². The molecule has 0 spiro atoms. The lowest BCUT2D eigenvalue weighted by atomic mass is 10.2. The highest BCUT2D eigenvalue weighted by Crippen LogP contribution is 2.24. The maximum Gasteiger partial charge on any atom is 0.339 e. The third-order valence-electron chi connectivity index (χ3n) is 2.70. The zero-order chi connectivity index (χ0) is 14.0. The molecule has 0 N–H and O–H groups in total. The van der Waals surface area contributed by atoms with Crippen LogP contribution in [0.3, 0.4) is 0 Å². The van der Waals surface area contributed by atoms with E-state index in [9.17, 15) is 12.8 Å². The second-order valence-electron chi connectivity index (χ2n) is 4.21. The maximum atomic E-state index is 13.0. The second kappa shape index (κ2) is 5.01. The van der Waals surface area contributed by atoms with Crippen LogP contribution < -0.4 is 4.18 Å². The molecule has 2 aromatic carbocycles. The van der Waals surface area contributed by atoms with Crippen LogP contribution in [-0.2, 0) is 10.1 Å². The summed E-state index contributed by atoms with van der Waals surface area (Å²) in [5, 5.41) is 0. The Morgan fingerprint density at radius 1 is 1.00 bits per heavy atom. The largest absolute Gasteiger partial charge is 0.379 e. The van der Waals surface area contributed by atoms with Crippen LogP contribution in [0, 0.1) is 19.7 Å². The van der Waals surface area contributed by atoms with E-state index in [0.29, 0.717) is 11.1 Å².